The van der Waals surface area contributed by atoms with Crippen molar-refractivity contribution in [2.45, 2.75) is 30.7 Å². The summed E-state index contributed by atoms with van der Waals surface area (Å²) in [6.45, 7) is -0.252. The van der Waals surface area contributed by atoms with Crippen molar-refractivity contribution in [3.8, 4) is 11.5 Å². The summed E-state index contributed by atoms with van der Waals surface area (Å²) < 4.78 is 48.4. The molecule has 0 bridgehead atoms. The molecule has 0 radical (unpaired) electrons. The first-order chi connectivity index (χ1) is 9.86. The Hall–Kier alpha value is -1.47. The van der Waals surface area contributed by atoms with Gasteiger partial charge >= 0.3 is 6.18 Å². The number of hydrogen-bond acceptors (Lipinski definition) is 4. The van der Waals surface area contributed by atoms with E-state index in [0.29, 0.717) is 11.5 Å². The molecule has 1 aliphatic carbocycles. The molecule has 1 saturated carbocycles. The third kappa shape index (κ3) is 4.01. The smallest absolute Gasteiger partial charge is 0.406 e. The number of methoxy groups -OCH3 is 1. The Balaban J connectivity index is 1.76. The van der Waals surface area contributed by atoms with Gasteiger partial charge in [0, 0.05) is 12.6 Å². The summed E-state index contributed by atoms with van der Waals surface area (Å²) in [4.78, 5) is 0. The number of nitrogens with one attached hydrogen (secondary N) is 1. The largest absolute Gasteiger partial charge is 0.497 e. The Morgan fingerprint density at radius 2 is 2.00 bits per heavy atom. The van der Waals surface area contributed by atoms with Crippen molar-refractivity contribution in [3.05, 3.63) is 24.3 Å². The molecule has 1 aromatic carbocycles. The molecule has 0 aromatic heterocycles. The number of rotatable bonds is 7. The molecule has 0 amide bonds. The van der Waals surface area contributed by atoms with Gasteiger partial charge in [0.2, 0.25) is 0 Å². The van der Waals surface area contributed by atoms with Crippen molar-refractivity contribution in [1.29, 1.82) is 0 Å². The van der Waals surface area contributed by atoms with Crippen LogP contribution in [0.15, 0.2) is 24.3 Å². The number of aliphatic hydroxyl groups is 1. The van der Waals surface area contributed by atoms with Crippen molar-refractivity contribution >= 4 is 0 Å². The first-order valence-corrected chi connectivity index (χ1v) is 6.63. The summed E-state index contributed by atoms with van der Waals surface area (Å²) in [6, 6.07) is 6.78. The number of hydrogen-bond donors (Lipinski definition) is 2. The van der Waals surface area contributed by atoms with E-state index in [-0.39, 0.29) is 26.0 Å². The van der Waals surface area contributed by atoms with E-state index in [4.69, 9.17) is 9.47 Å². The van der Waals surface area contributed by atoms with Gasteiger partial charge in [0.15, 0.2) is 0 Å². The first kappa shape index (κ1) is 15.9. The predicted octanol–water partition coefficient (Wildman–Crippen LogP) is 2.12. The van der Waals surface area contributed by atoms with Crippen molar-refractivity contribution in [2.24, 2.45) is 0 Å². The molecule has 1 fully saturated rings. The van der Waals surface area contributed by atoms with Gasteiger partial charge in [-0.25, -0.2) is 0 Å². The van der Waals surface area contributed by atoms with E-state index in [9.17, 15) is 18.3 Å². The van der Waals surface area contributed by atoms with Gasteiger partial charge < -0.3 is 19.9 Å². The summed E-state index contributed by atoms with van der Waals surface area (Å²) in [5.74, 6) is 1.10. The average molecular weight is 305 g/mol. The van der Waals surface area contributed by atoms with Gasteiger partial charge in [0.25, 0.3) is 0 Å². The summed E-state index contributed by atoms with van der Waals surface area (Å²) in [6.07, 6.45) is -5.18. The molecule has 2 rings (SSSR count). The fourth-order valence-electron chi connectivity index (χ4n) is 1.94. The lowest BCUT2D eigenvalue weighted by Crippen LogP contribution is -2.48. The van der Waals surface area contributed by atoms with Gasteiger partial charge in [-0.2, -0.15) is 13.2 Å². The highest BCUT2D eigenvalue weighted by molar-refractivity contribution is 5.32. The Kier molecular flexibility index (Phi) is 4.63. The van der Waals surface area contributed by atoms with E-state index in [1.54, 1.807) is 24.3 Å². The summed E-state index contributed by atoms with van der Waals surface area (Å²) >= 11 is 0. The quantitative estimate of drug-likeness (QED) is 0.810. The van der Waals surface area contributed by atoms with Crippen molar-refractivity contribution in [2.75, 3.05) is 20.3 Å². The third-order valence-corrected chi connectivity index (χ3v) is 3.45. The lowest BCUT2D eigenvalue weighted by molar-refractivity contribution is -0.166. The van der Waals surface area contributed by atoms with Crippen molar-refractivity contribution in [3.63, 3.8) is 0 Å². The number of alkyl halides is 3. The number of β-amino-alcohol motifs (C(OH)–C–C–N with tert-alkyl or cyclic N) is 1. The molecule has 0 spiro atoms. The van der Waals surface area contributed by atoms with E-state index in [0.717, 1.165) is 0 Å². The molecule has 21 heavy (non-hydrogen) atoms. The topological polar surface area (TPSA) is 50.7 Å². The SMILES string of the molecule is COc1cccc(OCC(O)CNC2(C(F)(F)F)CC2)c1. The number of ether oxygens (including phenoxy) is 2. The number of benzene rings is 1. The molecule has 118 valence electrons. The minimum Gasteiger partial charge on any atom is -0.497 e. The number of halogens is 3. The van der Waals surface area contributed by atoms with Crippen LogP contribution in [0.3, 0.4) is 0 Å². The normalized spacial score (nSPS) is 18.1. The zero-order valence-electron chi connectivity index (χ0n) is 11.6. The lowest BCUT2D eigenvalue weighted by atomic mass is 10.2. The molecule has 7 heteroatoms. The molecule has 1 atom stereocenters. The molecular formula is C14H18F3NO3. The highest BCUT2D eigenvalue weighted by Crippen LogP contribution is 2.48. The van der Waals surface area contributed by atoms with Crippen LogP contribution in [-0.2, 0) is 0 Å². The molecule has 0 aliphatic heterocycles. The molecule has 1 aromatic rings. The van der Waals surface area contributed by atoms with Crippen LogP contribution in [0.1, 0.15) is 12.8 Å². The van der Waals surface area contributed by atoms with Crippen LogP contribution in [0.5, 0.6) is 11.5 Å². The monoisotopic (exact) mass is 305 g/mol. The second-order valence-electron chi connectivity index (χ2n) is 5.10. The van der Waals surface area contributed by atoms with Gasteiger partial charge in [-0.3, -0.25) is 0 Å². The molecular weight excluding hydrogens is 287 g/mol. The maximum absolute atomic E-state index is 12.7. The van der Waals surface area contributed by atoms with E-state index in [1.807, 2.05) is 0 Å². The van der Waals surface area contributed by atoms with E-state index in [2.05, 4.69) is 5.32 Å². The van der Waals surface area contributed by atoms with Gasteiger partial charge in [-0.1, -0.05) is 6.07 Å². The van der Waals surface area contributed by atoms with E-state index in [1.165, 1.54) is 7.11 Å². The standard InChI is InChI=1S/C14H18F3NO3/c1-20-11-3-2-4-12(7-11)21-9-10(19)8-18-13(5-6-13)14(15,16)17/h2-4,7,10,18-19H,5-6,8-9H2,1H3. The van der Waals surface area contributed by atoms with Crippen molar-refractivity contribution < 1.29 is 27.8 Å². The Morgan fingerprint density at radius 3 is 2.57 bits per heavy atom. The molecule has 1 aliphatic rings. The summed E-state index contributed by atoms with van der Waals surface area (Å²) in [5, 5.41) is 12.1. The van der Waals surface area contributed by atoms with Crippen LogP contribution >= 0.6 is 0 Å². The van der Waals surface area contributed by atoms with Gasteiger partial charge in [0.1, 0.15) is 29.7 Å². The van der Waals surface area contributed by atoms with Crippen LogP contribution in [0.2, 0.25) is 0 Å². The molecule has 0 saturated heterocycles. The summed E-state index contributed by atoms with van der Waals surface area (Å²) in [5.41, 5.74) is -1.82. The minimum atomic E-state index is -4.28. The second-order valence-corrected chi connectivity index (χ2v) is 5.10. The molecule has 0 heterocycles. The van der Waals surface area contributed by atoms with Crippen LogP contribution in [-0.4, -0.2) is 43.2 Å². The van der Waals surface area contributed by atoms with Crippen LogP contribution in [0.25, 0.3) is 0 Å². The number of aliphatic hydroxyl groups excluding tert-OH is 1. The first-order valence-electron chi connectivity index (χ1n) is 6.63. The van der Waals surface area contributed by atoms with Crippen LogP contribution in [0.4, 0.5) is 13.2 Å². The summed E-state index contributed by atoms with van der Waals surface area (Å²) in [7, 11) is 1.52. The predicted molar refractivity (Wildman–Crippen MR) is 70.5 cm³/mol. The molecule has 2 N–H and O–H groups in total. The molecule has 1 unspecified atom stereocenters. The maximum atomic E-state index is 12.7. The van der Waals surface area contributed by atoms with E-state index >= 15 is 0 Å². The fourth-order valence-corrected chi connectivity index (χ4v) is 1.94. The lowest BCUT2D eigenvalue weighted by Gasteiger charge is -2.22. The highest BCUT2D eigenvalue weighted by atomic mass is 19.4. The zero-order chi connectivity index (χ0) is 15.5. The van der Waals surface area contributed by atoms with E-state index < -0.39 is 17.8 Å². The Bertz CT molecular complexity index is 475. The highest BCUT2D eigenvalue weighted by Gasteiger charge is 2.63. The van der Waals surface area contributed by atoms with Crippen LogP contribution in [0, 0.1) is 0 Å². The fraction of sp³-hybridized carbons (Fsp3) is 0.571. The minimum absolute atomic E-state index is 0.0555. The van der Waals surface area contributed by atoms with Crippen LogP contribution < -0.4 is 14.8 Å². The maximum Gasteiger partial charge on any atom is 0.406 e. The van der Waals surface area contributed by atoms with Crippen molar-refractivity contribution in [1.82, 2.24) is 5.32 Å². The average Bonchev–Trinajstić information content (AvgIpc) is 3.24. The van der Waals surface area contributed by atoms with Gasteiger partial charge in [-0.05, 0) is 25.0 Å². The molecule has 4 nitrogen and oxygen atoms in total. The Labute approximate surface area is 120 Å². The Morgan fingerprint density at radius 1 is 1.33 bits per heavy atom. The zero-order valence-corrected chi connectivity index (χ0v) is 11.6. The third-order valence-electron chi connectivity index (χ3n) is 3.45. The van der Waals surface area contributed by atoms with Gasteiger partial charge in [0.05, 0.1) is 7.11 Å². The second kappa shape index (κ2) is 6.11. The van der Waals surface area contributed by atoms with Gasteiger partial charge in [-0.15, -0.1) is 0 Å².